The normalized spacial score (nSPS) is 19.0. The van der Waals surface area contributed by atoms with E-state index in [9.17, 15) is 14.7 Å². The number of aromatic nitrogens is 2. The summed E-state index contributed by atoms with van der Waals surface area (Å²) in [6, 6.07) is 18.5. The number of carbonyl (C=O) groups excluding carboxylic acids is 1. The number of hydrogen-bond donors (Lipinski definition) is 2. The largest absolute Gasteiger partial charge is 0.478 e. The summed E-state index contributed by atoms with van der Waals surface area (Å²) >= 11 is 8.36. The summed E-state index contributed by atoms with van der Waals surface area (Å²) in [5.41, 5.74) is 4.56. The van der Waals surface area contributed by atoms with Gasteiger partial charge in [0.2, 0.25) is 0 Å². The SMILES string of the molecule is Cc1nn(-c2ccccc2C(=O)O)c2c1C(c1ccccc1Cl)C1=C(CC(c3cccs3)CC1=O)N2. The van der Waals surface area contributed by atoms with Gasteiger partial charge < -0.3 is 10.4 Å². The molecule has 1 aliphatic heterocycles. The van der Waals surface area contributed by atoms with Crippen molar-refractivity contribution in [2.45, 2.75) is 31.6 Å². The number of aromatic carboxylic acids is 1. The molecular formula is C28H22ClN3O3S. The molecule has 2 aromatic carbocycles. The Hall–Kier alpha value is -3.68. The Morgan fingerprint density at radius 3 is 2.64 bits per heavy atom. The molecule has 180 valence electrons. The molecular weight excluding hydrogens is 494 g/mol. The monoisotopic (exact) mass is 515 g/mol. The number of thiophene rings is 1. The van der Waals surface area contributed by atoms with E-state index in [2.05, 4.69) is 11.4 Å². The number of carboxylic acid groups (broad SMARTS) is 1. The highest BCUT2D eigenvalue weighted by Crippen LogP contribution is 2.51. The second-order valence-electron chi connectivity index (χ2n) is 9.10. The molecule has 2 aliphatic rings. The number of aryl methyl sites for hydroxylation is 1. The number of rotatable bonds is 4. The quantitative estimate of drug-likeness (QED) is 0.322. The molecule has 0 amide bonds. The van der Waals surface area contributed by atoms with Gasteiger partial charge >= 0.3 is 5.97 Å². The Bertz CT molecular complexity index is 1550. The van der Waals surface area contributed by atoms with Crippen LogP contribution in [0.5, 0.6) is 0 Å². The van der Waals surface area contributed by atoms with Gasteiger partial charge in [-0.3, -0.25) is 4.79 Å². The summed E-state index contributed by atoms with van der Waals surface area (Å²) in [7, 11) is 0. The predicted octanol–water partition coefficient (Wildman–Crippen LogP) is 6.55. The molecule has 0 saturated carbocycles. The third-order valence-electron chi connectivity index (χ3n) is 6.99. The number of nitrogens with one attached hydrogen (secondary N) is 1. The lowest BCUT2D eigenvalue weighted by Crippen LogP contribution is -2.30. The number of hydrogen-bond acceptors (Lipinski definition) is 5. The van der Waals surface area contributed by atoms with E-state index in [1.165, 1.54) is 4.88 Å². The van der Waals surface area contributed by atoms with Gasteiger partial charge in [-0.05, 0) is 48.6 Å². The minimum absolute atomic E-state index is 0.0842. The van der Waals surface area contributed by atoms with Gasteiger partial charge in [-0.15, -0.1) is 11.3 Å². The van der Waals surface area contributed by atoms with Gasteiger partial charge in [0.05, 0.1) is 16.9 Å². The number of para-hydroxylation sites is 1. The van der Waals surface area contributed by atoms with Crippen LogP contribution in [-0.4, -0.2) is 26.6 Å². The number of nitrogens with zero attached hydrogens (tertiary/aromatic N) is 2. The molecule has 6 rings (SSSR count). The number of benzene rings is 2. The van der Waals surface area contributed by atoms with Crippen molar-refractivity contribution in [1.82, 2.24) is 9.78 Å². The molecule has 4 aromatic rings. The summed E-state index contributed by atoms with van der Waals surface area (Å²) in [5, 5.41) is 20.7. The second-order valence-corrected chi connectivity index (χ2v) is 10.5. The molecule has 6 nitrogen and oxygen atoms in total. The van der Waals surface area contributed by atoms with Crippen LogP contribution in [0.3, 0.4) is 0 Å². The lowest BCUT2D eigenvalue weighted by atomic mass is 9.73. The van der Waals surface area contributed by atoms with Crippen LogP contribution in [0.4, 0.5) is 5.82 Å². The van der Waals surface area contributed by atoms with Crippen molar-refractivity contribution >= 4 is 40.5 Å². The van der Waals surface area contributed by atoms with Crippen LogP contribution in [0.25, 0.3) is 5.69 Å². The fourth-order valence-electron chi connectivity index (χ4n) is 5.44. The molecule has 0 fully saturated rings. The number of allylic oxidation sites excluding steroid dienone is 2. The number of ketones is 1. The predicted molar refractivity (Wildman–Crippen MR) is 141 cm³/mol. The molecule has 1 aliphatic carbocycles. The number of carboxylic acids is 1. The van der Waals surface area contributed by atoms with Crippen molar-refractivity contribution in [2.75, 3.05) is 5.32 Å². The zero-order valence-electron chi connectivity index (χ0n) is 19.4. The van der Waals surface area contributed by atoms with Crippen molar-refractivity contribution in [2.24, 2.45) is 0 Å². The Morgan fingerprint density at radius 2 is 1.89 bits per heavy atom. The molecule has 0 saturated heterocycles. The minimum atomic E-state index is -1.03. The van der Waals surface area contributed by atoms with Gasteiger partial charge in [0, 0.05) is 45.0 Å². The summed E-state index contributed by atoms with van der Waals surface area (Å²) in [5.74, 6) is -0.578. The highest BCUT2D eigenvalue weighted by molar-refractivity contribution is 7.10. The van der Waals surface area contributed by atoms with E-state index in [0.29, 0.717) is 35.1 Å². The van der Waals surface area contributed by atoms with E-state index in [1.807, 2.05) is 42.6 Å². The summed E-state index contributed by atoms with van der Waals surface area (Å²) in [4.78, 5) is 26.9. The maximum atomic E-state index is 13.7. The lowest BCUT2D eigenvalue weighted by Gasteiger charge is -2.35. The molecule has 2 aromatic heterocycles. The average Bonchev–Trinajstić information content (AvgIpc) is 3.52. The highest BCUT2D eigenvalue weighted by Gasteiger charge is 2.42. The number of carbonyl (C=O) groups is 2. The first-order chi connectivity index (χ1) is 17.4. The molecule has 8 heteroatoms. The third kappa shape index (κ3) is 3.58. The smallest absolute Gasteiger partial charge is 0.337 e. The zero-order valence-corrected chi connectivity index (χ0v) is 20.9. The van der Waals surface area contributed by atoms with Crippen molar-refractivity contribution in [3.8, 4) is 5.69 Å². The fourth-order valence-corrected chi connectivity index (χ4v) is 6.51. The average molecular weight is 516 g/mol. The van der Waals surface area contributed by atoms with Crippen LogP contribution in [0.1, 0.15) is 56.7 Å². The third-order valence-corrected chi connectivity index (χ3v) is 8.36. The lowest BCUT2D eigenvalue weighted by molar-refractivity contribution is -0.116. The van der Waals surface area contributed by atoms with Crippen LogP contribution < -0.4 is 5.32 Å². The Balaban J connectivity index is 1.58. The first kappa shape index (κ1) is 22.8. The molecule has 0 bridgehead atoms. The zero-order chi connectivity index (χ0) is 25.0. The van der Waals surface area contributed by atoms with Gasteiger partial charge in [0.25, 0.3) is 0 Å². The van der Waals surface area contributed by atoms with Crippen LogP contribution in [0, 0.1) is 6.92 Å². The topological polar surface area (TPSA) is 84.2 Å². The van der Waals surface area contributed by atoms with E-state index >= 15 is 0 Å². The Labute approximate surface area is 216 Å². The van der Waals surface area contributed by atoms with E-state index in [1.54, 1.807) is 40.3 Å². The van der Waals surface area contributed by atoms with E-state index in [0.717, 1.165) is 22.4 Å². The molecule has 2 atom stereocenters. The van der Waals surface area contributed by atoms with E-state index in [4.69, 9.17) is 16.7 Å². The first-order valence-electron chi connectivity index (χ1n) is 11.7. The number of anilines is 1. The highest BCUT2D eigenvalue weighted by atomic mass is 35.5. The van der Waals surface area contributed by atoms with E-state index < -0.39 is 11.9 Å². The molecule has 36 heavy (non-hydrogen) atoms. The number of Topliss-reactive ketones (excluding diaryl/α,β-unsaturated/α-hetero) is 1. The second kappa shape index (κ2) is 8.76. The molecule has 2 N–H and O–H groups in total. The first-order valence-corrected chi connectivity index (χ1v) is 12.9. The Morgan fingerprint density at radius 1 is 1.11 bits per heavy atom. The van der Waals surface area contributed by atoms with Gasteiger partial charge in [-0.25, -0.2) is 9.48 Å². The van der Waals surface area contributed by atoms with Crippen molar-refractivity contribution in [1.29, 1.82) is 0 Å². The number of halogens is 1. The van der Waals surface area contributed by atoms with E-state index in [-0.39, 0.29) is 17.3 Å². The van der Waals surface area contributed by atoms with Crippen LogP contribution >= 0.6 is 22.9 Å². The molecule has 3 heterocycles. The van der Waals surface area contributed by atoms with Crippen LogP contribution in [-0.2, 0) is 4.79 Å². The Kier molecular flexibility index (Phi) is 5.54. The maximum absolute atomic E-state index is 13.7. The summed E-state index contributed by atoms with van der Waals surface area (Å²) < 4.78 is 1.65. The van der Waals surface area contributed by atoms with Gasteiger partial charge in [0.15, 0.2) is 5.78 Å². The summed E-state index contributed by atoms with van der Waals surface area (Å²) in [6.45, 7) is 1.89. The van der Waals surface area contributed by atoms with Gasteiger partial charge in [-0.1, -0.05) is 48.0 Å². The van der Waals surface area contributed by atoms with Crippen LogP contribution in [0.2, 0.25) is 5.02 Å². The van der Waals surface area contributed by atoms with Crippen LogP contribution in [0.15, 0.2) is 77.3 Å². The van der Waals surface area contributed by atoms with Crippen molar-refractivity contribution in [3.63, 3.8) is 0 Å². The minimum Gasteiger partial charge on any atom is -0.478 e. The van der Waals surface area contributed by atoms with Crippen molar-refractivity contribution < 1.29 is 14.7 Å². The van der Waals surface area contributed by atoms with Gasteiger partial charge in [0.1, 0.15) is 5.82 Å². The molecule has 2 unspecified atom stereocenters. The van der Waals surface area contributed by atoms with Crippen molar-refractivity contribution in [3.05, 3.63) is 110 Å². The fraction of sp³-hybridized carbons (Fsp3) is 0.179. The number of fused-ring (bicyclic) bond motifs is 1. The summed E-state index contributed by atoms with van der Waals surface area (Å²) in [6.07, 6.45) is 1.11. The molecule has 0 spiro atoms. The maximum Gasteiger partial charge on any atom is 0.337 e. The molecule has 0 radical (unpaired) electrons. The van der Waals surface area contributed by atoms with Gasteiger partial charge in [-0.2, -0.15) is 5.10 Å². The standard InChI is InChI=1S/C28H22ClN3O3S/c1-15-24-25(17-7-2-4-9-19(17)29)26-20(13-16(14-22(26)33)23-11-6-12-36-23)30-27(24)32(31-15)21-10-5-3-8-18(21)28(34)35/h2-12,16,25,30H,13-14H2,1H3,(H,34,35).